The molecule has 1 unspecified atom stereocenters. The van der Waals surface area contributed by atoms with Gasteiger partial charge in [-0.15, -0.1) is 0 Å². The van der Waals surface area contributed by atoms with Crippen LogP contribution in [0.25, 0.3) is 0 Å². The van der Waals surface area contributed by atoms with Crippen LogP contribution >= 0.6 is 0 Å². The van der Waals surface area contributed by atoms with Crippen molar-refractivity contribution in [2.75, 3.05) is 6.54 Å². The minimum atomic E-state index is -0.562. The molecule has 0 bridgehead atoms. The van der Waals surface area contributed by atoms with Gasteiger partial charge in [-0.05, 0) is 12.0 Å². The van der Waals surface area contributed by atoms with Gasteiger partial charge in [0.2, 0.25) is 0 Å². The average Bonchev–Trinajstić information content (AvgIpc) is 2.38. The Hall–Kier alpha value is -1.62. The summed E-state index contributed by atoms with van der Waals surface area (Å²) in [6.45, 7) is 4.20. The van der Waals surface area contributed by atoms with Crippen molar-refractivity contribution in [3.63, 3.8) is 0 Å². The Balaban J connectivity index is 2.54. The van der Waals surface area contributed by atoms with E-state index < -0.39 is 12.0 Å². The molecule has 0 aromatic carbocycles. The van der Waals surface area contributed by atoms with Gasteiger partial charge in [0.1, 0.15) is 5.75 Å². The maximum atomic E-state index is 11.8. The maximum Gasteiger partial charge on any atom is 0.255 e. The molecule has 0 aliphatic rings. The largest absolute Gasteiger partial charge is 0.505 e. The predicted molar refractivity (Wildman–Crippen MR) is 68.3 cm³/mol. The Morgan fingerprint density at radius 3 is 2.67 bits per heavy atom. The van der Waals surface area contributed by atoms with Crippen molar-refractivity contribution in [1.29, 1.82) is 0 Å². The van der Waals surface area contributed by atoms with Crippen molar-refractivity contribution >= 4 is 5.91 Å². The third kappa shape index (κ3) is 3.70. The van der Waals surface area contributed by atoms with Crippen LogP contribution in [0.1, 0.15) is 37.0 Å². The monoisotopic (exact) mass is 252 g/mol. The topological polar surface area (TPSA) is 82.5 Å². The summed E-state index contributed by atoms with van der Waals surface area (Å²) in [4.78, 5) is 15.5. The molecule has 100 valence electrons. The van der Waals surface area contributed by atoms with Gasteiger partial charge < -0.3 is 15.5 Å². The number of aromatic hydroxyl groups is 1. The van der Waals surface area contributed by atoms with E-state index in [0.29, 0.717) is 0 Å². The smallest absolute Gasteiger partial charge is 0.255 e. The molecule has 0 saturated carbocycles. The number of nitrogens with zero attached hydrogens (tertiary/aromatic N) is 1. The molecule has 3 N–H and O–H groups in total. The summed E-state index contributed by atoms with van der Waals surface area (Å²) in [5.41, 5.74) is 0.168. The fourth-order valence-corrected chi connectivity index (χ4v) is 1.87. The fourth-order valence-electron chi connectivity index (χ4n) is 1.87. The molecule has 1 atom stereocenters. The van der Waals surface area contributed by atoms with Gasteiger partial charge in [0, 0.05) is 12.7 Å². The number of aliphatic hydroxyl groups excluding tert-OH is 1. The molecular formula is C13H20N2O3. The van der Waals surface area contributed by atoms with E-state index in [1.807, 2.05) is 13.8 Å². The van der Waals surface area contributed by atoms with Gasteiger partial charge in [-0.1, -0.05) is 26.7 Å². The van der Waals surface area contributed by atoms with Crippen molar-refractivity contribution < 1.29 is 15.0 Å². The van der Waals surface area contributed by atoms with Crippen LogP contribution in [0.4, 0.5) is 0 Å². The van der Waals surface area contributed by atoms with Crippen molar-refractivity contribution in [2.45, 2.75) is 32.8 Å². The Kier molecular flexibility index (Phi) is 5.58. The lowest BCUT2D eigenvalue weighted by atomic mass is 9.96. The van der Waals surface area contributed by atoms with E-state index in [0.717, 1.165) is 12.8 Å². The van der Waals surface area contributed by atoms with Crippen LogP contribution in [0.3, 0.4) is 0 Å². The van der Waals surface area contributed by atoms with E-state index in [1.54, 1.807) is 0 Å². The second-order valence-electron chi connectivity index (χ2n) is 4.25. The number of rotatable bonds is 6. The van der Waals surface area contributed by atoms with Crippen LogP contribution in [0, 0.1) is 5.92 Å². The second kappa shape index (κ2) is 6.96. The molecule has 18 heavy (non-hydrogen) atoms. The number of hydrogen-bond donors (Lipinski definition) is 3. The summed E-state index contributed by atoms with van der Waals surface area (Å²) in [5.74, 6) is -0.386. The normalized spacial score (nSPS) is 12.4. The molecule has 1 aromatic rings. The lowest BCUT2D eigenvalue weighted by molar-refractivity contribution is 0.0814. The highest BCUT2D eigenvalue weighted by molar-refractivity contribution is 5.96. The quantitative estimate of drug-likeness (QED) is 0.713. The Morgan fingerprint density at radius 1 is 1.44 bits per heavy atom. The maximum absolute atomic E-state index is 11.8. The Morgan fingerprint density at radius 2 is 2.11 bits per heavy atom. The highest BCUT2D eigenvalue weighted by Gasteiger charge is 2.17. The van der Waals surface area contributed by atoms with E-state index in [2.05, 4.69) is 10.3 Å². The van der Waals surface area contributed by atoms with Crippen LogP contribution in [-0.2, 0) is 0 Å². The number of carbonyl (C=O) groups is 1. The van der Waals surface area contributed by atoms with Crippen LogP contribution in [0.5, 0.6) is 5.75 Å². The second-order valence-corrected chi connectivity index (χ2v) is 4.25. The molecule has 1 heterocycles. The van der Waals surface area contributed by atoms with Gasteiger partial charge in [0.25, 0.3) is 5.91 Å². The molecular weight excluding hydrogens is 232 g/mol. The fraction of sp³-hybridized carbons (Fsp3) is 0.538. The lowest BCUT2D eigenvalue weighted by Gasteiger charge is -2.20. The van der Waals surface area contributed by atoms with Gasteiger partial charge in [0.05, 0.1) is 17.9 Å². The molecule has 1 amide bonds. The summed E-state index contributed by atoms with van der Waals surface area (Å²) in [6.07, 6.45) is 3.83. The van der Waals surface area contributed by atoms with E-state index >= 15 is 0 Å². The third-order valence-electron chi connectivity index (χ3n) is 3.11. The van der Waals surface area contributed by atoms with E-state index in [-0.39, 0.29) is 23.8 Å². The molecule has 5 nitrogen and oxygen atoms in total. The molecule has 0 aliphatic carbocycles. The summed E-state index contributed by atoms with van der Waals surface area (Å²) in [6, 6.07) is 1.44. The summed E-state index contributed by atoms with van der Waals surface area (Å²) >= 11 is 0. The van der Waals surface area contributed by atoms with Gasteiger partial charge in [-0.2, -0.15) is 0 Å². The van der Waals surface area contributed by atoms with Crippen molar-refractivity contribution in [3.8, 4) is 5.75 Å². The minimum absolute atomic E-state index is 0.160. The molecule has 1 rings (SSSR count). The van der Waals surface area contributed by atoms with Crippen molar-refractivity contribution in [1.82, 2.24) is 10.3 Å². The van der Waals surface area contributed by atoms with Gasteiger partial charge in [0.15, 0.2) is 0 Å². The van der Waals surface area contributed by atoms with E-state index in [9.17, 15) is 15.0 Å². The molecule has 0 aliphatic heterocycles. The first-order valence-electron chi connectivity index (χ1n) is 6.19. The van der Waals surface area contributed by atoms with Gasteiger partial charge in [-0.3, -0.25) is 9.78 Å². The van der Waals surface area contributed by atoms with Crippen molar-refractivity contribution in [2.24, 2.45) is 5.92 Å². The first-order valence-corrected chi connectivity index (χ1v) is 6.19. The molecule has 0 saturated heterocycles. The molecule has 5 heteroatoms. The number of aromatic nitrogens is 1. The van der Waals surface area contributed by atoms with Crippen LogP contribution in [0.2, 0.25) is 0 Å². The predicted octanol–water partition coefficient (Wildman–Crippen LogP) is 1.31. The molecule has 1 aromatic heterocycles. The SMILES string of the molecule is CCC(CC)C(O)CNC(=O)c1ccncc1O. The minimum Gasteiger partial charge on any atom is -0.505 e. The first kappa shape index (κ1) is 14.4. The molecule has 0 spiro atoms. The zero-order valence-electron chi connectivity index (χ0n) is 10.8. The summed E-state index contributed by atoms with van der Waals surface area (Å²) in [7, 11) is 0. The number of hydrogen-bond acceptors (Lipinski definition) is 4. The lowest BCUT2D eigenvalue weighted by Crippen LogP contribution is -2.36. The molecule has 0 radical (unpaired) electrons. The highest BCUT2D eigenvalue weighted by Crippen LogP contribution is 2.15. The van der Waals surface area contributed by atoms with Crippen LogP contribution in [-0.4, -0.2) is 33.8 Å². The zero-order chi connectivity index (χ0) is 13.5. The first-order chi connectivity index (χ1) is 8.60. The standard InChI is InChI=1S/C13H20N2O3/c1-3-9(4-2)11(16)8-15-13(18)10-5-6-14-7-12(10)17/h5-7,9,11,16-17H,3-4,8H2,1-2H3,(H,15,18). The van der Waals surface area contributed by atoms with Gasteiger partial charge >= 0.3 is 0 Å². The summed E-state index contributed by atoms with van der Waals surface area (Å²) in [5, 5.41) is 22.0. The number of nitrogens with one attached hydrogen (secondary N) is 1. The van der Waals surface area contributed by atoms with Crippen LogP contribution in [0.15, 0.2) is 18.5 Å². The van der Waals surface area contributed by atoms with E-state index in [1.165, 1.54) is 18.5 Å². The zero-order valence-corrected chi connectivity index (χ0v) is 10.8. The highest BCUT2D eigenvalue weighted by atomic mass is 16.3. The average molecular weight is 252 g/mol. The number of aliphatic hydroxyl groups is 1. The van der Waals surface area contributed by atoms with E-state index in [4.69, 9.17) is 0 Å². The number of amides is 1. The Bertz CT molecular complexity index is 392. The Labute approximate surface area is 107 Å². The molecule has 0 fully saturated rings. The van der Waals surface area contributed by atoms with Crippen LogP contribution < -0.4 is 5.32 Å². The number of carbonyl (C=O) groups excluding carboxylic acids is 1. The third-order valence-corrected chi connectivity index (χ3v) is 3.11. The summed E-state index contributed by atoms with van der Waals surface area (Å²) < 4.78 is 0. The van der Waals surface area contributed by atoms with Crippen molar-refractivity contribution in [3.05, 3.63) is 24.0 Å². The van der Waals surface area contributed by atoms with Gasteiger partial charge in [-0.25, -0.2) is 0 Å². The number of pyridine rings is 1.